The molecule has 0 saturated carbocycles. The minimum Gasteiger partial charge on any atom is -0.507 e. The van der Waals surface area contributed by atoms with E-state index >= 15 is 0 Å². The van der Waals surface area contributed by atoms with Crippen LogP contribution in [0.15, 0.2) is 53.7 Å². The third-order valence-corrected chi connectivity index (χ3v) is 3.63. The molecule has 0 aromatic heterocycles. The fraction of sp³-hybridized carbons (Fsp3) is 0.316. The lowest BCUT2D eigenvalue weighted by atomic mass is 10.0. The second kappa shape index (κ2) is 8.83. The summed E-state index contributed by atoms with van der Waals surface area (Å²) in [6.45, 7) is 2.78. The molecule has 0 saturated heterocycles. The van der Waals surface area contributed by atoms with Crippen LogP contribution in [0, 0.1) is 0 Å². The Bertz CT molecular complexity index is 638. The number of hydrogen-bond acceptors (Lipinski definition) is 4. The molecule has 0 atom stereocenters. The molecule has 4 nitrogen and oxygen atoms in total. The summed E-state index contributed by atoms with van der Waals surface area (Å²) in [6.07, 6.45) is 3.71. The van der Waals surface area contributed by atoms with E-state index in [1.165, 1.54) is 0 Å². The normalized spacial score (nSPS) is 11.4. The number of benzene rings is 2. The van der Waals surface area contributed by atoms with Crippen LogP contribution >= 0.6 is 0 Å². The predicted octanol–water partition coefficient (Wildman–Crippen LogP) is 4.38. The first kappa shape index (κ1) is 16.9. The standard InChI is InChI=1S/C19H23NO3/c1-2-3-7-12-23-16-10-11-17(19(21)14-16)18(20-22)13-15-8-5-4-6-9-15/h4-6,8-11,14,21-22H,2-3,7,12-13H2,1H3. The Balaban J connectivity index is 2.06. The van der Waals surface area contributed by atoms with Crippen LogP contribution in [0.2, 0.25) is 0 Å². The average Bonchev–Trinajstić information content (AvgIpc) is 2.58. The van der Waals surface area contributed by atoms with Crippen LogP contribution in [0.1, 0.15) is 37.3 Å². The summed E-state index contributed by atoms with van der Waals surface area (Å²) < 4.78 is 5.61. The number of rotatable bonds is 8. The highest BCUT2D eigenvalue weighted by Crippen LogP contribution is 2.25. The van der Waals surface area contributed by atoms with Gasteiger partial charge in [0, 0.05) is 18.1 Å². The second-order valence-corrected chi connectivity index (χ2v) is 5.44. The van der Waals surface area contributed by atoms with Gasteiger partial charge in [-0.3, -0.25) is 0 Å². The molecule has 0 aliphatic carbocycles. The second-order valence-electron chi connectivity index (χ2n) is 5.44. The van der Waals surface area contributed by atoms with E-state index in [4.69, 9.17) is 4.74 Å². The maximum atomic E-state index is 10.2. The minimum absolute atomic E-state index is 0.0572. The van der Waals surface area contributed by atoms with Crippen molar-refractivity contribution in [3.05, 3.63) is 59.7 Å². The summed E-state index contributed by atoms with van der Waals surface area (Å²) in [5, 5.41) is 22.8. The summed E-state index contributed by atoms with van der Waals surface area (Å²) in [4.78, 5) is 0. The molecule has 4 heteroatoms. The molecule has 2 rings (SSSR count). The van der Waals surface area contributed by atoms with Gasteiger partial charge in [0.05, 0.1) is 12.3 Å². The van der Waals surface area contributed by atoms with E-state index in [0.29, 0.717) is 30.1 Å². The molecule has 0 fully saturated rings. The Hall–Kier alpha value is -2.49. The van der Waals surface area contributed by atoms with Gasteiger partial charge >= 0.3 is 0 Å². The number of ether oxygens (including phenoxy) is 1. The third kappa shape index (κ3) is 5.02. The van der Waals surface area contributed by atoms with Crippen molar-refractivity contribution in [2.75, 3.05) is 6.61 Å². The number of aromatic hydroxyl groups is 1. The topological polar surface area (TPSA) is 62.0 Å². The zero-order chi connectivity index (χ0) is 16.5. The lowest BCUT2D eigenvalue weighted by molar-refractivity contribution is 0.304. The highest BCUT2D eigenvalue weighted by atomic mass is 16.5. The van der Waals surface area contributed by atoms with Gasteiger partial charge in [-0.2, -0.15) is 0 Å². The Morgan fingerprint density at radius 1 is 1.09 bits per heavy atom. The summed E-state index contributed by atoms with van der Waals surface area (Å²) in [6, 6.07) is 14.8. The molecule has 122 valence electrons. The van der Waals surface area contributed by atoms with Crippen molar-refractivity contribution in [3.8, 4) is 11.5 Å². The molecular formula is C19H23NO3. The first-order valence-electron chi connectivity index (χ1n) is 7.95. The molecule has 0 heterocycles. The summed E-state index contributed by atoms with van der Waals surface area (Å²) in [7, 11) is 0. The molecule has 2 aromatic rings. The van der Waals surface area contributed by atoms with Crippen LogP contribution in [0.3, 0.4) is 0 Å². The van der Waals surface area contributed by atoms with E-state index in [0.717, 1.165) is 24.8 Å². The number of unbranched alkanes of at least 4 members (excludes halogenated alkanes) is 2. The highest BCUT2D eigenvalue weighted by molar-refractivity contribution is 6.03. The van der Waals surface area contributed by atoms with Crippen LogP contribution in [0.5, 0.6) is 11.5 Å². The van der Waals surface area contributed by atoms with E-state index in [9.17, 15) is 10.3 Å². The molecule has 0 spiro atoms. The highest BCUT2D eigenvalue weighted by Gasteiger charge is 2.12. The summed E-state index contributed by atoms with van der Waals surface area (Å²) in [5.74, 6) is 0.682. The molecule has 23 heavy (non-hydrogen) atoms. The van der Waals surface area contributed by atoms with Gasteiger partial charge in [0.2, 0.25) is 0 Å². The molecule has 0 unspecified atom stereocenters. The van der Waals surface area contributed by atoms with Gasteiger partial charge in [-0.25, -0.2) is 0 Å². The maximum Gasteiger partial charge on any atom is 0.128 e. The van der Waals surface area contributed by atoms with Crippen molar-refractivity contribution in [2.45, 2.75) is 32.6 Å². The van der Waals surface area contributed by atoms with Crippen LogP contribution < -0.4 is 4.74 Å². The molecule has 0 amide bonds. The molecule has 0 aliphatic heterocycles. The van der Waals surface area contributed by atoms with Gasteiger partial charge in [-0.1, -0.05) is 55.3 Å². The summed E-state index contributed by atoms with van der Waals surface area (Å²) >= 11 is 0. The minimum atomic E-state index is 0.0572. The fourth-order valence-electron chi connectivity index (χ4n) is 2.36. The molecule has 0 bridgehead atoms. The zero-order valence-electron chi connectivity index (χ0n) is 13.4. The van der Waals surface area contributed by atoms with Crippen molar-refractivity contribution in [3.63, 3.8) is 0 Å². The monoisotopic (exact) mass is 313 g/mol. The average molecular weight is 313 g/mol. The SMILES string of the molecule is CCCCCOc1ccc(C(Cc2ccccc2)=NO)c(O)c1. The largest absolute Gasteiger partial charge is 0.507 e. The number of phenolic OH excluding ortho intramolecular Hbond substituents is 1. The zero-order valence-corrected chi connectivity index (χ0v) is 13.4. The van der Waals surface area contributed by atoms with Gasteiger partial charge in [-0.05, 0) is 24.1 Å². The van der Waals surface area contributed by atoms with Gasteiger partial charge in [-0.15, -0.1) is 0 Å². The fourth-order valence-corrected chi connectivity index (χ4v) is 2.36. The van der Waals surface area contributed by atoms with E-state index in [-0.39, 0.29) is 5.75 Å². The first-order chi connectivity index (χ1) is 11.2. The lowest BCUT2D eigenvalue weighted by Crippen LogP contribution is -2.06. The van der Waals surface area contributed by atoms with Gasteiger partial charge in [0.1, 0.15) is 11.5 Å². The predicted molar refractivity (Wildman–Crippen MR) is 91.6 cm³/mol. The van der Waals surface area contributed by atoms with Crippen LogP contribution in [-0.4, -0.2) is 22.6 Å². The molecule has 2 aromatic carbocycles. The Morgan fingerprint density at radius 2 is 1.87 bits per heavy atom. The Kier molecular flexibility index (Phi) is 6.48. The van der Waals surface area contributed by atoms with Crippen molar-refractivity contribution < 1.29 is 15.1 Å². The van der Waals surface area contributed by atoms with Gasteiger partial charge in [0.25, 0.3) is 0 Å². The van der Waals surface area contributed by atoms with Gasteiger partial charge < -0.3 is 15.1 Å². The van der Waals surface area contributed by atoms with Crippen molar-refractivity contribution in [2.24, 2.45) is 5.16 Å². The van der Waals surface area contributed by atoms with Crippen molar-refractivity contribution in [1.29, 1.82) is 0 Å². The maximum absolute atomic E-state index is 10.2. The number of oxime groups is 1. The van der Waals surface area contributed by atoms with Crippen LogP contribution in [0.4, 0.5) is 0 Å². The quantitative estimate of drug-likeness (QED) is 0.329. The molecular weight excluding hydrogens is 290 g/mol. The number of phenols is 1. The number of nitrogens with zero attached hydrogens (tertiary/aromatic N) is 1. The third-order valence-electron chi connectivity index (χ3n) is 3.63. The van der Waals surface area contributed by atoms with E-state index < -0.39 is 0 Å². The Labute approximate surface area is 137 Å². The van der Waals surface area contributed by atoms with E-state index in [2.05, 4.69) is 12.1 Å². The van der Waals surface area contributed by atoms with Crippen LogP contribution in [-0.2, 0) is 6.42 Å². The van der Waals surface area contributed by atoms with E-state index in [1.54, 1.807) is 18.2 Å². The van der Waals surface area contributed by atoms with Crippen LogP contribution in [0.25, 0.3) is 0 Å². The Morgan fingerprint density at radius 3 is 2.52 bits per heavy atom. The van der Waals surface area contributed by atoms with Crippen molar-refractivity contribution in [1.82, 2.24) is 0 Å². The molecule has 0 radical (unpaired) electrons. The lowest BCUT2D eigenvalue weighted by Gasteiger charge is -2.10. The smallest absolute Gasteiger partial charge is 0.128 e. The molecule has 2 N–H and O–H groups in total. The first-order valence-corrected chi connectivity index (χ1v) is 7.95. The van der Waals surface area contributed by atoms with Gasteiger partial charge in [0.15, 0.2) is 0 Å². The summed E-state index contributed by atoms with van der Waals surface area (Å²) in [5.41, 5.74) is 1.95. The van der Waals surface area contributed by atoms with E-state index in [1.807, 2.05) is 30.3 Å². The molecule has 0 aliphatic rings. The van der Waals surface area contributed by atoms with Crippen molar-refractivity contribution >= 4 is 5.71 Å². The number of hydrogen-bond donors (Lipinski definition) is 2.